The zero-order valence-corrected chi connectivity index (χ0v) is 72.0. The number of thiophene rings is 1. The number of unbranched alkanes of at least 4 members (excludes halogenated alkanes) is 2. The first-order valence-corrected chi connectivity index (χ1v) is 42.4. The summed E-state index contributed by atoms with van der Waals surface area (Å²) in [6.45, 7) is 14.9. The molecular formula is C88H113ClN16O14S. The Morgan fingerprint density at radius 1 is 0.508 bits per heavy atom. The van der Waals surface area contributed by atoms with Crippen LogP contribution in [-0.2, 0) is 105 Å². The normalized spacial score (nSPS) is 12.5. The molecule has 2 amide bonds. The van der Waals surface area contributed by atoms with Gasteiger partial charge in [-0.1, -0.05) is 35.9 Å². The quantitative estimate of drug-likeness (QED) is 0.0235. The van der Waals surface area contributed by atoms with Crippen molar-refractivity contribution >= 4 is 80.9 Å². The molecule has 30 nitrogen and oxygen atoms in total. The number of aromatic nitrogens is 11. The fourth-order valence-corrected chi connectivity index (χ4v) is 15.9. The van der Waals surface area contributed by atoms with Gasteiger partial charge in [0.2, 0.25) is 17.5 Å². The van der Waals surface area contributed by atoms with Crippen LogP contribution < -0.4 is 20.7 Å². The third kappa shape index (κ3) is 27.6. The molecule has 8 heterocycles. The number of ether oxygens (including phenoxy) is 5. The Balaban J connectivity index is 0.472. The Kier molecular flexibility index (Phi) is 35.6. The summed E-state index contributed by atoms with van der Waals surface area (Å²) in [7, 11) is 10.6. The number of Topliss-reactive ketones (excluding diaryl/α,β-unsaturated/α-hetero) is 7. The van der Waals surface area contributed by atoms with Crippen molar-refractivity contribution in [3.63, 3.8) is 0 Å². The maximum Gasteiger partial charge on any atom is 0.287 e. The molecule has 1 atom stereocenters. The van der Waals surface area contributed by atoms with Crippen LogP contribution in [0.4, 0.5) is 0 Å². The fourth-order valence-electron chi connectivity index (χ4n) is 14.5. The molecule has 0 unspecified atom stereocenters. The number of imidazole rings is 3. The van der Waals surface area contributed by atoms with Crippen molar-refractivity contribution in [3.05, 3.63) is 182 Å². The third-order valence-electron chi connectivity index (χ3n) is 20.6. The van der Waals surface area contributed by atoms with Gasteiger partial charge in [0.05, 0.1) is 75.3 Å². The summed E-state index contributed by atoms with van der Waals surface area (Å²) in [5.41, 5.74) is 7.93. The first-order valence-electron chi connectivity index (χ1n) is 41.2. The predicted octanol–water partition coefficient (Wildman–Crippen LogP) is 10.2. The lowest BCUT2D eigenvalue weighted by Gasteiger charge is -2.17. The lowest BCUT2D eigenvalue weighted by atomic mass is 9.98. The summed E-state index contributed by atoms with van der Waals surface area (Å²) in [5.74, 6) is 1.09. The van der Waals surface area contributed by atoms with Crippen molar-refractivity contribution in [2.75, 3.05) is 106 Å². The highest BCUT2D eigenvalue weighted by Gasteiger charge is 2.33. The molecule has 32 heteroatoms. The maximum atomic E-state index is 13.6. The van der Waals surface area contributed by atoms with Crippen LogP contribution in [0.2, 0.25) is 5.02 Å². The first-order chi connectivity index (χ1) is 57.8. The molecule has 120 heavy (non-hydrogen) atoms. The Bertz CT molecular complexity index is 5000. The van der Waals surface area contributed by atoms with Gasteiger partial charge in [0, 0.05) is 190 Å². The van der Waals surface area contributed by atoms with Gasteiger partial charge in [-0.15, -0.1) is 21.5 Å². The molecule has 1 aliphatic heterocycles. The van der Waals surface area contributed by atoms with Gasteiger partial charge in [-0.25, -0.2) is 15.0 Å². The molecule has 0 fully saturated rings. The number of nitrogens with zero attached hydrogens (tertiary/aromatic N) is 13. The van der Waals surface area contributed by atoms with Crippen LogP contribution in [0, 0.1) is 13.8 Å². The van der Waals surface area contributed by atoms with E-state index in [2.05, 4.69) is 64.5 Å². The summed E-state index contributed by atoms with van der Waals surface area (Å²) in [4.78, 5) is 139. The van der Waals surface area contributed by atoms with Gasteiger partial charge in [-0.05, 0) is 151 Å². The van der Waals surface area contributed by atoms with Crippen molar-refractivity contribution in [2.24, 2.45) is 40.2 Å². The number of hydrogen-bond donors (Lipinski definition) is 3. The number of rotatable bonds is 56. The van der Waals surface area contributed by atoms with Gasteiger partial charge in [0.1, 0.15) is 46.6 Å². The summed E-state index contributed by atoms with van der Waals surface area (Å²) < 4.78 is 39.0. The number of fused-ring (bicyclic) bond motifs is 3. The van der Waals surface area contributed by atoms with Crippen LogP contribution in [0.5, 0.6) is 5.75 Å². The first kappa shape index (κ1) is 91.9. The van der Waals surface area contributed by atoms with E-state index in [1.165, 1.54) is 4.57 Å². The Hall–Kier alpha value is -10.4. The molecule has 0 bridgehead atoms. The van der Waals surface area contributed by atoms with Crippen molar-refractivity contribution in [1.82, 2.24) is 73.4 Å². The van der Waals surface area contributed by atoms with E-state index in [4.69, 9.17) is 40.3 Å². The van der Waals surface area contributed by atoms with Crippen LogP contribution in [0.1, 0.15) is 199 Å². The Morgan fingerprint density at radius 2 is 1.08 bits per heavy atom. The average molecular weight is 1690 g/mol. The molecule has 2 aromatic carbocycles. The topological polar surface area (TPSA) is 345 Å². The number of amides is 2. The largest absolute Gasteiger partial charge is 0.491 e. The van der Waals surface area contributed by atoms with E-state index < -0.39 is 11.9 Å². The van der Waals surface area contributed by atoms with E-state index in [1.54, 1.807) is 114 Å². The SMILES string of the molecule is CC1=N[C@@H](CC(=O)Cc2ccc(OCCOCCOCCCCCOCCOCCNCCCN(C)CCCNC(=O)CCNC(=O)c3nc(CC(=O)CCCC(=O)c4cc(CC(=O)c5nc(CC(=O)CCCC(=O)c6cc(CC(=O)c7nccn7C)cn6C)cn5C)cn4C)cn3C)cc2)c2nnc(C)n2-c2sc(C)c(-c3ccc(Cl)cc3)c21. The Labute approximate surface area is 709 Å². The molecular weight excluding hydrogens is 1570 g/mol. The lowest BCUT2D eigenvalue weighted by Crippen LogP contribution is -2.33. The number of ketones is 7. The molecule has 9 aromatic rings. The molecule has 0 aliphatic carbocycles. The molecule has 0 saturated heterocycles. The standard InChI is InChI=1S/C88H113ClN16O14S/c1-59-81-82(65-23-25-66(89)26-24-65)60(2)120-88(81)105-61(3)97-98-83(105)73(94-59)54-71(108)47-62-21-27-72(28-22-62)119-46-45-118-44-42-116-39-12-10-11-38-115-41-43-117-40-34-90-30-15-35-99(4)36-16-31-91-80(113)29-32-93-87(114)86-96-68(58-104(86)9)53-70(107)18-14-20-77(110)75-49-64(56-102(75)7)51-79(112)85-95-67(57-103(85)8)52-69(106)17-13-19-76(109)74-48-63(55-101(74)6)50-78(111)84-92-33-37-100(84)5/h21-28,33,37,48-49,55-58,73,90H,10-20,29-32,34-36,38-47,50-54H2,1-9H3,(H,91,113)(H,93,114)/t73-/m0/s1. The van der Waals surface area contributed by atoms with E-state index >= 15 is 0 Å². The minimum Gasteiger partial charge on any atom is -0.491 e. The van der Waals surface area contributed by atoms with E-state index in [0.717, 1.165) is 102 Å². The zero-order chi connectivity index (χ0) is 85.6. The molecule has 1 aliphatic rings. The second-order valence-electron chi connectivity index (χ2n) is 30.5. The van der Waals surface area contributed by atoms with Gasteiger partial charge < -0.3 is 67.4 Å². The third-order valence-corrected chi connectivity index (χ3v) is 21.9. The number of benzene rings is 2. The highest BCUT2D eigenvalue weighted by Crippen LogP contribution is 2.43. The smallest absolute Gasteiger partial charge is 0.287 e. The molecule has 10 rings (SSSR count). The predicted molar refractivity (Wildman–Crippen MR) is 456 cm³/mol. The highest BCUT2D eigenvalue weighted by atomic mass is 35.5. The number of aliphatic imine (C=N–C) groups is 1. The number of halogens is 1. The molecule has 3 N–H and O–H groups in total. The minimum absolute atomic E-state index is 0.00612. The van der Waals surface area contributed by atoms with Crippen LogP contribution in [0.25, 0.3) is 16.1 Å². The number of aryl methyl sites for hydroxylation is 7. The van der Waals surface area contributed by atoms with Gasteiger partial charge in [-0.3, -0.25) is 52.7 Å². The van der Waals surface area contributed by atoms with Crippen molar-refractivity contribution in [2.45, 2.75) is 142 Å². The summed E-state index contributed by atoms with van der Waals surface area (Å²) in [5, 5.41) is 19.7. The number of nitrogens with one attached hydrogen (secondary N) is 3. The average Bonchev–Trinajstić information content (AvgIpc) is 1.59. The van der Waals surface area contributed by atoms with Crippen LogP contribution >= 0.6 is 22.9 Å². The van der Waals surface area contributed by atoms with Crippen LogP contribution in [0.15, 0.2) is 103 Å². The van der Waals surface area contributed by atoms with Crippen molar-refractivity contribution in [1.29, 1.82) is 0 Å². The van der Waals surface area contributed by atoms with E-state index in [1.807, 2.05) is 62.4 Å². The second-order valence-corrected chi connectivity index (χ2v) is 32.1. The van der Waals surface area contributed by atoms with Crippen molar-refractivity contribution in [3.8, 4) is 21.9 Å². The van der Waals surface area contributed by atoms with E-state index in [0.29, 0.717) is 129 Å². The van der Waals surface area contributed by atoms with Gasteiger partial charge in [-0.2, -0.15) is 0 Å². The van der Waals surface area contributed by atoms with Gasteiger partial charge in [0.15, 0.2) is 34.9 Å². The summed E-state index contributed by atoms with van der Waals surface area (Å²) in [6.07, 6.45) is 16.3. The number of carbonyl (C=O) groups is 9. The highest BCUT2D eigenvalue weighted by molar-refractivity contribution is 7.15. The van der Waals surface area contributed by atoms with Gasteiger partial charge >= 0.3 is 0 Å². The molecule has 0 spiro atoms. The zero-order valence-electron chi connectivity index (χ0n) is 70.5. The monoisotopic (exact) mass is 1680 g/mol. The summed E-state index contributed by atoms with van der Waals surface area (Å²) in [6, 6.07) is 18.3. The fraction of sp³-hybridized carbons (Fsp3) is 0.489. The molecule has 0 radical (unpaired) electrons. The minimum atomic E-state index is -0.471. The maximum absolute atomic E-state index is 13.6. The van der Waals surface area contributed by atoms with Crippen LogP contribution in [0.3, 0.4) is 0 Å². The lowest BCUT2D eigenvalue weighted by molar-refractivity contribution is -0.121. The second kappa shape index (κ2) is 46.4. The van der Waals surface area contributed by atoms with Gasteiger partial charge in [0.25, 0.3) is 5.91 Å². The van der Waals surface area contributed by atoms with Crippen LogP contribution in [-0.4, -0.2) is 221 Å². The number of hydrogen-bond acceptors (Lipinski definition) is 23. The Morgan fingerprint density at radius 3 is 1.70 bits per heavy atom. The van der Waals surface area contributed by atoms with Crippen molar-refractivity contribution < 1.29 is 66.8 Å². The number of carbonyl (C=O) groups excluding carboxylic acids is 9. The van der Waals surface area contributed by atoms with E-state index in [9.17, 15) is 43.2 Å². The van der Waals surface area contributed by atoms with E-state index in [-0.39, 0.29) is 142 Å². The molecule has 642 valence electrons. The summed E-state index contributed by atoms with van der Waals surface area (Å²) >= 11 is 7.91. The molecule has 7 aromatic heterocycles. The molecule has 0 saturated carbocycles.